The summed E-state index contributed by atoms with van der Waals surface area (Å²) >= 11 is 0.950. The third-order valence-electron chi connectivity index (χ3n) is 3.19. The number of unbranched alkanes of at least 4 members (excludes halogenated alkanes) is 1. The predicted molar refractivity (Wildman–Crippen MR) is 92.3 cm³/mol. The molecule has 0 aliphatic rings. The van der Waals surface area contributed by atoms with Gasteiger partial charge in [0.15, 0.2) is 26.6 Å². The lowest BCUT2D eigenvalue weighted by atomic mass is 10.1. The Morgan fingerprint density at radius 1 is 1.32 bits per heavy atom. The Hall–Kier alpha value is -0.370. The highest BCUT2D eigenvalue weighted by Gasteiger charge is 2.21. The molecule has 22 heavy (non-hydrogen) atoms. The zero-order chi connectivity index (χ0) is 16.6. The molecule has 0 radical (unpaired) electrons. The first kappa shape index (κ1) is 19.7. The lowest BCUT2D eigenvalue weighted by molar-refractivity contribution is 0.509. The van der Waals surface area contributed by atoms with E-state index >= 15 is 0 Å². The highest BCUT2D eigenvalue weighted by atomic mass is 79.9. The summed E-state index contributed by atoms with van der Waals surface area (Å²) in [5.74, 6) is 0. The minimum atomic E-state index is -3.44. The molecule has 0 bridgehead atoms. The molecule has 0 N–H and O–H groups in total. The van der Waals surface area contributed by atoms with Gasteiger partial charge in [-0.2, -0.15) is 0 Å². The summed E-state index contributed by atoms with van der Waals surface area (Å²) in [4.78, 5) is 0.237. The molecule has 0 heterocycles. The van der Waals surface area contributed by atoms with E-state index in [1.165, 1.54) is 17.5 Å². The van der Waals surface area contributed by atoms with Crippen LogP contribution in [0.2, 0.25) is 0 Å². The van der Waals surface area contributed by atoms with Crippen molar-refractivity contribution in [3.63, 3.8) is 0 Å². The maximum absolute atomic E-state index is 12.9. The molecule has 0 spiro atoms. The van der Waals surface area contributed by atoms with E-state index in [2.05, 4.69) is 15.9 Å². The zero-order valence-electron chi connectivity index (χ0n) is 12.4. The van der Waals surface area contributed by atoms with E-state index in [1.54, 1.807) is 18.2 Å². The monoisotopic (exact) mass is 410 g/mol. The molecular formula is C15H20BrFO3S2. The van der Waals surface area contributed by atoms with Gasteiger partial charge in [-0.1, -0.05) is 35.4 Å². The van der Waals surface area contributed by atoms with Crippen molar-refractivity contribution in [3.05, 3.63) is 40.2 Å². The molecule has 2 unspecified atom stereocenters. The number of halogens is 2. The molecule has 124 valence electrons. The summed E-state index contributed by atoms with van der Waals surface area (Å²) in [7, 11) is -3.44. The van der Waals surface area contributed by atoms with Gasteiger partial charge in [0, 0.05) is 13.8 Å². The fourth-order valence-electron chi connectivity index (χ4n) is 2.01. The van der Waals surface area contributed by atoms with Gasteiger partial charge >= 0.3 is 0 Å². The Labute approximate surface area is 143 Å². The second kappa shape index (κ2) is 9.70. The average molecular weight is 411 g/mol. The first-order valence-electron chi connectivity index (χ1n) is 7.11. The van der Waals surface area contributed by atoms with Crippen molar-refractivity contribution >= 4 is 37.3 Å². The summed E-state index contributed by atoms with van der Waals surface area (Å²) < 4.78 is 48.7. The minimum Gasteiger partial charge on any atom is -0.580 e. The third-order valence-corrected chi connectivity index (χ3v) is 6.19. The van der Waals surface area contributed by atoms with Gasteiger partial charge < -0.3 is 4.55 Å². The molecule has 0 saturated carbocycles. The Balaban J connectivity index is 2.49. The molecule has 7 heteroatoms. The zero-order valence-corrected chi connectivity index (χ0v) is 15.6. The van der Waals surface area contributed by atoms with Crippen molar-refractivity contribution in [2.24, 2.45) is 0 Å². The van der Waals surface area contributed by atoms with Gasteiger partial charge in [-0.25, -0.2) is 8.42 Å². The van der Waals surface area contributed by atoms with E-state index in [-0.39, 0.29) is 4.90 Å². The second-order valence-electron chi connectivity index (χ2n) is 4.96. The Morgan fingerprint density at radius 3 is 2.50 bits per heavy atom. The van der Waals surface area contributed by atoms with Gasteiger partial charge in [0.2, 0.25) is 0 Å². The smallest absolute Gasteiger partial charge is 0.199 e. The van der Waals surface area contributed by atoms with Gasteiger partial charge in [0.1, 0.15) is 0 Å². The van der Waals surface area contributed by atoms with Crippen molar-refractivity contribution in [2.45, 2.75) is 49.2 Å². The van der Waals surface area contributed by atoms with Crippen molar-refractivity contribution in [1.29, 1.82) is 0 Å². The van der Waals surface area contributed by atoms with E-state index in [1.807, 2.05) is 6.92 Å². The Bertz CT molecular complexity index is 571. The van der Waals surface area contributed by atoms with Crippen LogP contribution in [0.15, 0.2) is 45.1 Å². The van der Waals surface area contributed by atoms with E-state index in [0.29, 0.717) is 25.7 Å². The molecule has 3 nitrogen and oxygen atoms in total. The van der Waals surface area contributed by atoms with Gasteiger partial charge in [0.25, 0.3) is 0 Å². The maximum atomic E-state index is 12.9. The number of allylic oxidation sites excluding steroid dienone is 1. The van der Waals surface area contributed by atoms with Gasteiger partial charge in [-0.15, -0.1) is 0 Å². The molecule has 2 atom stereocenters. The largest absolute Gasteiger partial charge is 0.580 e. The van der Waals surface area contributed by atoms with E-state index in [0.717, 1.165) is 10.9 Å². The van der Waals surface area contributed by atoms with Crippen LogP contribution < -0.4 is 0 Å². The molecule has 0 aliphatic carbocycles. The number of benzene rings is 1. The summed E-state index contributed by atoms with van der Waals surface area (Å²) in [5, 5.41) is 0.735. The lowest BCUT2D eigenvalue weighted by Gasteiger charge is -2.11. The number of hydrogen-bond acceptors (Lipinski definition) is 3. The lowest BCUT2D eigenvalue weighted by Crippen LogP contribution is -2.16. The summed E-state index contributed by atoms with van der Waals surface area (Å²) in [6.07, 6.45) is 4.58. The van der Waals surface area contributed by atoms with Crippen LogP contribution in [0.1, 0.15) is 39.0 Å². The SMILES string of the molecule is CCCC(CCCC=CS(=O)(=O)c1ccc(Br)cc1)[S+]([O-])F. The van der Waals surface area contributed by atoms with Crippen LogP contribution in [0.3, 0.4) is 0 Å². The number of hydrogen-bond donors (Lipinski definition) is 0. The van der Waals surface area contributed by atoms with Crippen LogP contribution in [0.4, 0.5) is 3.89 Å². The molecule has 1 rings (SSSR count). The molecule has 0 amide bonds. The van der Waals surface area contributed by atoms with Crippen molar-refractivity contribution in [1.82, 2.24) is 0 Å². The predicted octanol–water partition coefficient (Wildman–Crippen LogP) is 4.71. The Morgan fingerprint density at radius 2 is 1.95 bits per heavy atom. The maximum Gasteiger partial charge on any atom is 0.199 e. The highest BCUT2D eigenvalue weighted by Crippen LogP contribution is 2.19. The standard InChI is InChI=1S/C15H20BrFO3S2/c1-2-6-14(21(17)18)7-4-3-5-12-22(19,20)15-10-8-13(16)9-11-15/h5,8-12,14H,2-4,6-7H2,1H3. The summed E-state index contributed by atoms with van der Waals surface area (Å²) in [6, 6.07) is 6.42. The average Bonchev–Trinajstić information content (AvgIpc) is 2.46. The second-order valence-corrected chi connectivity index (χ2v) is 8.87. The van der Waals surface area contributed by atoms with Crippen molar-refractivity contribution in [3.8, 4) is 0 Å². The van der Waals surface area contributed by atoms with Gasteiger partial charge in [0.05, 0.1) is 4.90 Å². The minimum absolute atomic E-state index is 0.237. The first-order chi connectivity index (χ1) is 10.4. The van der Waals surface area contributed by atoms with Crippen molar-refractivity contribution in [2.75, 3.05) is 0 Å². The van der Waals surface area contributed by atoms with Crippen LogP contribution in [0, 0.1) is 0 Å². The molecule has 0 aromatic heterocycles. The highest BCUT2D eigenvalue weighted by molar-refractivity contribution is 9.10. The number of sulfone groups is 1. The van der Waals surface area contributed by atoms with Crippen LogP contribution in [-0.4, -0.2) is 18.2 Å². The molecule has 0 aliphatic heterocycles. The van der Waals surface area contributed by atoms with E-state index < -0.39 is 26.6 Å². The topological polar surface area (TPSA) is 57.2 Å². The van der Waals surface area contributed by atoms with Gasteiger partial charge in [-0.05, 0) is 49.9 Å². The van der Waals surface area contributed by atoms with E-state index in [4.69, 9.17) is 0 Å². The molecular weight excluding hydrogens is 391 g/mol. The Kier molecular flexibility index (Phi) is 8.67. The summed E-state index contributed by atoms with van der Waals surface area (Å²) in [6.45, 7) is 1.92. The molecule has 0 saturated heterocycles. The van der Waals surface area contributed by atoms with Crippen LogP contribution in [0.5, 0.6) is 0 Å². The molecule has 0 fully saturated rings. The molecule has 1 aromatic carbocycles. The fourth-order valence-corrected chi connectivity index (χ4v) is 4.11. The van der Waals surface area contributed by atoms with Gasteiger partial charge in [-0.3, -0.25) is 0 Å². The van der Waals surface area contributed by atoms with Crippen LogP contribution >= 0.6 is 15.9 Å². The summed E-state index contributed by atoms with van der Waals surface area (Å²) in [5.41, 5.74) is 0. The number of rotatable bonds is 9. The van der Waals surface area contributed by atoms with Crippen molar-refractivity contribution < 1.29 is 16.9 Å². The van der Waals surface area contributed by atoms with Crippen LogP contribution in [0.25, 0.3) is 0 Å². The first-order valence-corrected chi connectivity index (χ1v) is 10.6. The van der Waals surface area contributed by atoms with Crippen LogP contribution in [-0.2, 0) is 21.4 Å². The van der Waals surface area contributed by atoms with E-state index in [9.17, 15) is 16.9 Å². The third kappa shape index (κ3) is 6.81. The fraction of sp³-hybridized carbons (Fsp3) is 0.467. The molecule has 1 aromatic rings. The quantitative estimate of drug-likeness (QED) is 0.437. The normalized spacial score (nSPS) is 15.1.